The van der Waals surface area contributed by atoms with Crippen molar-refractivity contribution in [2.75, 3.05) is 5.32 Å². The Morgan fingerprint density at radius 2 is 1.37 bits per heavy atom. The minimum atomic E-state index is -4.48. The Morgan fingerprint density at radius 1 is 0.714 bits per heavy atom. The average molecular weight is 471 g/mol. The van der Waals surface area contributed by atoms with E-state index in [0.29, 0.717) is 23.0 Å². The number of benzene rings is 3. The molecule has 35 heavy (non-hydrogen) atoms. The summed E-state index contributed by atoms with van der Waals surface area (Å²) in [6.45, 7) is 1.79. The lowest BCUT2D eigenvalue weighted by atomic mass is 10.0. The van der Waals surface area contributed by atoms with E-state index < -0.39 is 11.7 Å². The van der Waals surface area contributed by atoms with Gasteiger partial charge in [0.05, 0.1) is 11.3 Å². The van der Waals surface area contributed by atoms with Crippen molar-refractivity contribution in [2.45, 2.75) is 13.1 Å². The number of nitrogens with zero attached hydrogens (tertiary/aromatic N) is 2. The molecule has 2 aromatic heterocycles. The highest BCUT2D eigenvalue weighted by Crippen LogP contribution is 2.38. The number of aryl methyl sites for hydroxylation is 1. The molecule has 5 rings (SSSR count). The number of hydrogen-bond acceptors (Lipinski definition) is 4. The maximum absolute atomic E-state index is 13.5. The van der Waals surface area contributed by atoms with Crippen LogP contribution in [0.2, 0.25) is 0 Å². The Labute approximate surface area is 200 Å². The number of pyridine rings is 1. The van der Waals surface area contributed by atoms with Crippen molar-refractivity contribution in [3.05, 3.63) is 108 Å². The summed E-state index contributed by atoms with van der Waals surface area (Å²) < 4.78 is 46.1. The predicted octanol–water partition coefficient (Wildman–Crippen LogP) is 8.14. The second-order valence-corrected chi connectivity index (χ2v) is 7.99. The lowest BCUT2D eigenvalue weighted by molar-refractivity contribution is -0.137. The van der Waals surface area contributed by atoms with E-state index in [1.807, 2.05) is 54.6 Å². The highest BCUT2D eigenvalue weighted by atomic mass is 19.4. The van der Waals surface area contributed by atoms with Crippen LogP contribution in [0.5, 0.6) is 0 Å². The van der Waals surface area contributed by atoms with Gasteiger partial charge in [-0.1, -0.05) is 84.0 Å². The Kier molecular flexibility index (Phi) is 5.82. The van der Waals surface area contributed by atoms with E-state index in [1.165, 1.54) is 12.1 Å². The summed E-state index contributed by atoms with van der Waals surface area (Å²) in [5, 5.41) is 7.27. The molecule has 0 saturated carbocycles. The second-order valence-electron chi connectivity index (χ2n) is 7.99. The van der Waals surface area contributed by atoms with Crippen molar-refractivity contribution in [2.24, 2.45) is 0 Å². The third kappa shape index (κ3) is 4.66. The van der Waals surface area contributed by atoms with Gasteiger partial charge in [-0.25, -0.2) is 4.98 Å². The van der Waals surface area contributed by atoms with Crippen LogP contribution in [0.4, 0.5) is 24.7 Å². The number of rotatable bonds is 5. The number of aromatic nitrogens is 2. The molecule has 1 N–H and O–H groups in total. The number of nitrogens with one attached hydrogen (secondary N) is 1. The van der Waals surface area contributed by atoms with E-state index in [-0.39, 0.29) is 11.3 Å². The molecular weight excluding hydrogens is 451 g/mol. The zero-order valence-corrected chi connectivity index (χ0v) is 18.7. The van der Waals surface area contributed by atoms with E-state index >= 15 is 0 Å². The molecule has 0 fully saturated rings. The third-order valence-electron chi connectivity index (χ3n) is 5.63. The fraction of sp³-hybridized carbons (Fsp3) is 0.0714. The van der Waals surface area contributed by atoms with Gasteiger partial charge in [-0.15, -0.1) is 0 Å². The fourth-order valence-electron chi connectivity index (χ4n) is 3.89. The Bertz CT molecular complexity index is 1460. The van der Waals surface area contributed by atoms with Gasteiger partial charge in [0.25, 0.3) is 0 Å². The van der Waals surface area contributed by atoms with E-state index in [2.05, 4.69) is 15.5 Å². The molecule has 0 amide bonds. The first-order chi connectivity index (χ1) is 16.9. The summed E-state index contributed by atoms with van der Waals surface area (Å²) in [6, 6.07) is 28.2. The molecule has 0 spiro atoms. The summed E-state index contributed by atoms with van der Waals surface area (Å²) in [4.78, 5) is 4.44. The second kappa shape index (κ2) is 9.10. The number of anilines is 2. The SMILES string of the molecule is Cc1noc(-c2ccc(-c3ccccc3)cc2)c1Nc1cccc(-c2ccccc2C(F)(F)F)n1. The van der Waals surface area contributed by atoms with Gasteiger partial charge < -0.3 is 9.84 Å². The van der Waals surface area contributed by atoms with E-state index in [1.54, 1.807) is 31.2 Å². The summed E-state index contributed by atoms with van der Waals surface area (Å²) in [7, 11) is 0. The van der Waals surface area contributed by atoms with Crippen LogP contribution in [0.15, 0.2) is 102 Å². The number of hydrogen-bond donors (Lipinski definition) is 1. The van der Waals surface area contributed by atoms with Crippen molar-refractivity contribution >= 4 is 11.5 Å². The zero-order chi connectivity index (χ0) is 24.4. The van der Waals surface area contributed by atoms with Gasteiger partial charge in [-0.2, -0.15) is 13.2 Å². The van der Waals surface area contributed by atoms with Crippen molar-refractivity contribution < 1.29 is 17.7 Å². The lowest BCUT2D eigenvalue weighted by Gasteiger charge is -2.13. The summed E-state index contributed by atoms with van der Waals surface area (Å²) in [5.74, 6) is 0.901. The molecular formula is C28H20F3N3O. The summed E-state index contributed by atoms with van der Waals surface area (Å²) in [5.41, 5.74) is 3.69. The summed E-state index contributed by atoms with van der Waals surface area (Å²) >= 11 is 0. The molecule has 7 heteroatoms. The van der Waals surface area contributed by atoms with Crippen molar-refractivity contribution in [3.63, 3.8) is 0 Å². The Morgan fingerprint density at radius 3 is 2.11 bits per heavy atom. The molecule has 2 heterocycles. The topological polar surface area (TPSA) is 51.0 Å². The van der Waals surface area contributed by atoms with Crippen LogP contribution < -0.4 is 5.32 Å². The van der Waals surface area contributed by atoms with Gasteiger partial charge in [0, 0.05) is 11.1 Å². The van der Waals surface area contributed by atoms with Gasteiger partial charge >= 0.3 is 6.18 Å². The molecule has 0 saturated heterocycles. The molecule has 0 aliphatic heterocycles. The quantitative estimate of drug-likeness (QED) is 0.281. The highest BCUT2D eigenvalue weighted by Gasteiger charge is 2.33. The molecule has 3 aromatic carbocycles. The molecule has 0 bridgehead atoms. The normalized spacial score (nSPS) is 11.4. The van der Waals surface area contributed by atoms with E-state index in [9.17, 15) is 13.2 Å². The Hall–Kier alpha value is -4.39. The first-order valence-corrected chi connectivity index (χ1v) is 10.9. The van der Waals surface area contributed by atoms with Gasteiger partial charge in [0.15, 0.2) is 5.76 Å². The standard InChI is InChI=1S/C28H20F3N3O/c1-18-26(27(35-34-18)21-16-14-20(15-17-21)19-8-3-2-4-9-19)33-25-13-7-12-24(32-25)22-10-5-6-11-23(22)28(29,30)31/h2-17H,1H3,(H,32,33). The lowest BCUT2D eigenvalue weighted by Crippen LogP contribution is -2.07. The molecule has 5 aromatic rings. The first kappa shape index (κ1) is 22.4. The first-order valence-electron chi connectivity index (χ1n) is 10.9. The molecule has 0 radical (unpaired) electrons. The van der Waals surface area contributed by atoms with Crippen LogP contribution in [0.1, 0.15) is 11.3 Å². The number of alkyl halides is 3. The maximum atomic E-state index is 13.5. The maximum Gasteiger partial charge on any atom is 0.417 e. The molecule has 174 valence electrons. The third-order valence-corrected chi connectivity index (χ3v) is 5.63. The van der Waals surface area contributed by atoms with Crippen LogP contribution in [0.3, 0.4) is 0 Å². The van der Waals surface area contributed by atoms with Crippen molar-refractivity contribution in [1.29, 1.82) is 0 Å². The predicted molar refractivity (Wildman–Crippen MR) is 130 cm³/mol. The smallest absolute Gasteiger partial charge is 0.354 e. The van der Waals surface area contributed by atoms with Crippen molar-refractivity contribution in [1.82, 2.24) is 10.1 Å². The average Bonchev–Trinajstić information content (AvgIpc) is 3.24. The van der Waals surface area contributed by atoms with Gasteiger partial charge in [0.1, 0.15) is 17.2 Å². The molecule has 0 aliphatic rings. The van der Waals surface area contributed by atoms with E-state index in [0.717, 1.165) is 22.8 Å². The Balaban J connectivity index is 1.46. The summed E-state index contributed by atoms with van der Waals surface area (Å²) in [6.07, 6.45) is -4.48. The monoisotopic (exact) mass is 471 g/mol. The largest absolute Gasteiger partial charge is 0.417 e. The molecule has 0 aliphatic carbocycles. The van der Waals surface area contributed by atoms with Gasteiger partial charge in [0.2, 0.25) is 0 Å². The molecule has 0 atom stereocenters. The highest BCUT2D eigenvalue weighted by molar-refractivity contribution is 5.79. The van der Waals surface area contributed by atoms with Crippen LogP contribution in [0.25, 0.3) is 33.7 Å². The van der Waals surface area contributed by atoms with Crippen molar-refractivity contribution in [3.8, 4) is 33.7 Å². The zero-order valence-electron chi connectivity index (χ0n) is 18.7. The van der Waals surface area contributed by atoms with E-state index in [4.69, 9.17) is 4.52 Å². The minimum Gasteiger partial charge on any atom is -0.354 e. The van der Waals surface area contributed by atoms with Crippen LogP contribution >= 0.6 is 0 Å². The van der Waals surface area contributed by atoms with Crippen LogP contribution in [-0.2, 0) is 6.18 Å². The minimum absolute atomic E-state index is 0.0161. The number of halogens is 3. The molecule has 0 unspecified atom stereocenters. The van der Waals surface area contributed by atoms with Gasteiger partial charge in [-0.3, -0.25) is 0 Å². The fourth-order valence-corrected chi connectivity index (χ4v) is 3.89. The van der Waals surface area contributed by atoms with Gasteiger partial charge in [-0.05, 0) is 36.2 Å². The molecule has 4 nitrogen and oxygen atoms in total. The van der Waals surface area contributed by atoms with Crippen LogP contribution in [-0.4, -0.2) is 10.1 Å². The van der Waals surface area contributed by atoms with Crippen LogP contribution in [0, 0.1) is 6.92 Å².